The van der Waals surface area contributed by atoms with E-state index in [1.807, 2.05) is 0 Å². The van der Waals surface area contributed by atoms with E-state index in [0.29, 0.717) is 6.42 Å². The molecule has 0 bridgehead atoms. The maximum Gasteiger partial charge on any atom is 0.394 e. The van der Waals surface area contributed by atoms with E-state index in [2.05, 4.69) is 0 Å². The van der Waals surface area contributed by atoms with E-state index in [1.165, 1.54) is 7.11 Å². The van der Waals surface area contributed by atoms with Gasteiger partial charge in [-0.05, 0) is 13.3 Å². The molecule has 0 aromatic heterocycles. The second-order valence-electron chi connectivity index (χ2n) is 3.16. The van der Waals surface area contributed by atoms with Gasteiger partial charge in [0.15, 0.2) is 6.29 Å². The molecule has 0 amide bonds. The zero-order valence-electron chi connectivity index (χ0n) is 8.73. The van der Waals surface area contributed by atoms with Gasteiger partial charge in [0.1, 0.15) is 0 Å². The molecule has 0 radical (unpaired) electrons. The van der Waals surface area contributed by atoms with Gasteiger partial charge in [0.25, 0.3) is 0 Å². The van der Waals surface area contributed by atoms with Crippen LogP contribution in [-0.2, 0) is 9.47 Å². The Morgan fingerprint density at radius 3 is 2.21 bits per heavy atom. The van der Waals surface area contributed by atoms with Crippen LogP contribution in [0, 0.1) is 5.92 Å². The van der Waals surface area contributed by atoms with Crippen molar-refractivity contribution in [1.29, 1.82) is 0 Å². The van der Waals surface area contributed by atoms with Crippen molar-refractivity contribution >= 4 is 0 Å². The molecule has 0 aliphatic carbocycles. The molecule has 0 rings (SSSR count). The molecule has 0 aromatic rings. The van der Waals surface area contributed by atoms with Gasteiger partial charge in [-0.2, -0.15) is 13.2 Å². The quantitative estimate of drug-likeness (QED) is 0.633. The Hall–Kier alpha value is -0.290. The maximum absolute atomic E-state index is 12.3. The molecule has 0 spiro atoms. The molecule has 0 saturated carbocycles. The van der Waals surface area contributed by atoms with E-state index in [1.54, 1.807) is 13.8 Å². The van der Waals surface area contributed by atoms with Crippen molar-refractivity contribution in [3.8, 4) is 0 Å². The molecule has 0 aromatic carbocycles. The van der Waals surface area contributed by atoms with Gasteiger partial charge in [0, 0.05) is 7.11 Å². The fourth-order valence-corrected chi connectivity index (χ4v) is 1.01. The highest BCUT2D eigenvalue weighted by Gasteiger charge is 2.39. The van der Waals surface area contributed by atoms with E-state index in [-0.39, 0.29) is 13.0 Å². The Labute approximate surface area is 82.4 Å². The first kappa shape index (κ1) is 13.7. The number of methoxy groups -OCH3 is 1. The van der Waals surface area contributed by atoms with Crippen LogP contribution in [0.3, 0.4) is 0 Å². The minimum atomic E-state index is -4.18. The standard InChI is InChI=1S/C9H17F3O2/c1-4-5-8(9(10,11)12)6-14-7(2)13-3/h7-8H,4-6H2,1-3H3. The molecule has 0 heterocycles. The average Bonchev–Trinajstić information content (AvgIpc) is 2.09. The van der Waals surface area contributed by atoms with E-state index >= 15 is 0 Å². The zero-order chi connectivity index (χ0) is 11.2. The van der Waals surface area contributed by atoms with E-state index in [0.717, 1.165) is 0 Å². The van der Waals surface area contributed by atoms with E-state index < -0.39 is 18.4 Å². The lowest BCUT2D eigenvalue weighted by Crippen LogP contribution is -2.29. The Morgan fingerprint density at radius 2 is 1.86 bits per heavy atom. The van der Waals surface area contributed by atoms with Crippen LogP contribution >= 0.6 is 0 Å². The third-order valence-corrected chi connectivity index (χ3v) is 1.96. The predicted octanol–water partition coefficient (Wildman–Crippen LogP) is 2.97. The molecule has 0 saturated heterocycles. The lowest BCUT2D eigenvalue weighted by Gasteiger charge is -2.21. The number of ether oxygens (including phenoxy) is 2. The summed E-state index contributed by atoms with van der Waals surface area (Å²) in [5.74, 6) is -1.38. The van der Waals surface area contributed by atoms with Crippen molar-refractivity contribution in [2.24, 2.45) is 5.92 Å². The summed E-state index contributed by atoms with van der Waals surface area (Å²) in [6.07, 6.45) is -4.17. The van der Waals surface area contributed by atoms with Crippen LogP contribution in [0.5, 0.6) is 0 Å². The van der Waals surface area contributed by atoms with Crippen molar-refractivity contribution in [2.45, 2.75) is 39.2 Å². The lowest BCUT2D eigenvalue weighted by molar-refractivity contribution is -0.209. The second-order valence-corrected chi connectivity index (χ2v) is 3.16. The SMILES string of the molecule is CCCC(COC(C)OC)C(F)(F)F. The fourth-order valence-electron chi connectivity index (χ4n) is 1.01. The van der Waals surface area contributed by atoms with E-state index in [4.69, 9.17) is 9.47 Å². The topological polar surface area (TPSA) is 18.5 Å². The molecule has 2 atom stereocenters. The molecule has 0 N–H and O–H groups in total. The van der Waals surface area contributed by atoms with Gasteiger partial charge >= 0.3 is 6.18 Å². The van der Waals surface area contributed by atoms with Crippen LogP contribution in [0.4, 0.5) is 13.2 Å². The minimum absolute atomic E-state index is 0.0972. The number of alkyl halides is 3. The predicted molar refractivity (Wildman–Crippen MR) is 46.9 cm³/mol. The summed E-state index contributed by atoms with van der Waals surface area (Å²) >= 11 is 0. The van der Waals surface area contributed by atoms with Crippen LogP contribution < -0.4 is 0 Å². The van der Waals surface area contributed by atoms with Gasteiger partial charge in [-0.25, -0.2) is 0 Å². The first-order valence-electron chi connectivity index (χ1n) is 4.62. The average molecular weight is 214 g/mol. The lowest BCUT2D eigenvalue weighted by atomic mass is 10.0. The fraction of sp³-hybridized carbons (Fsp3) is 1.00. The zero-order valence-corrected chi connectivity index (χ0v) is 8.73. The minimum Gasteiger partial charge on any atom is -0.356 e. The molecular weight excluding hydrogens is 197 g/mol. The molecule has 0 aliphatic rings. The van der Waals surface area contributed by atoms with E-state index in [9.17, 15) is 13.2 Å². The number of halogens is 3. The summed E-state index contributed by atoms with van der Waals surface area (Å²) < 4.78 is 46.6. The van der Waals surface area contributed by atoms with Crippen LogP contribution in [-0.4, -0.2) is 26.2 Å². The summed E-state index contributed by atoms with van der Waals surface area (Å²) in [5, 5.41) is 0. The highest BCUT2D eigenvalue weighted by atomic mass is 19.4. The summed E-state index contributed by atoms with van der Waals surface area (Å²) in [5.41, 5.74) is 0. The van der Waals surface area contributed by atoms with Crippen LogP contribution in [0.2, 0.25) is 0 Å². The smallest absolute Gasteiger partial charge is 0.356 e. The molecular formula is C9H17F3O2. The second kappa shape index (κ2) is 6.24. The summed E-state index contributed by atoms with van der Waals surface area (Å²) in [4.78, 5) is 0. The van der Waals surface area contributed by atoms with Gasteiger partial charge in [-0.3, -0.25) is 0 Å². The highest BCUT2D eigenvalue weighted by molar-refractivity contribution is 4.66. The van der Waals surface area contributed by atoms with Gasteiger partial charge < -0.3 is 9.47 Å². The molecule has 2 nitrogen and oxygen atoms in total. The van der Waals surface area contributed by atoms with Gasteiger partial charge in [-0.15, -0.1) is 0 Å². The van der Waals surface area contributed by atoms with Gasteiger partial charge in [0.2, 0.25) is 0 Å². The number of rotatable bonds is 6. The molecule has 0 aliphatic heterocycles. The van der Waals surface area contributed by atoms with Crippen molar-refractivity contribution in [2.75, 3.05) is 13.7 Å². The normalized spacial score (nSPS) is 16.7. The molecule has 86 valence electrons. The summed E-state index contributed by atoms with van der Waals surface area (Å²) in [6.45, 7) is 2.96. The van der Waals surface area contributed by atoms with Gasteiger partial charge in [0.05, 0.1) is 12.5 Å². The molecule has 0 fully saturated rings. The summed E-state index contributed by atoms with van der Waals surface area (Å²) in [7, 11) is 1.40. The first-order chi connectivity index (χ1) is 6.41. The Bertz CT molecular complexity index is 147. The Morgan fingerprint density at radius 1 is 1.29 bits per heavy atom. The molecule has 5 heteroatoms. The number of hydrogen-bond acceptors (Lipinski definition) is 2. The van der Waals surface area contributed by atoms with Crippen LogP contribution in [0.15, 0.2) is 0 Å². The van der Waals surface area contributed by atoms with Crippen molar-refractivity contribution in [3.63, 3.8) is 0 Å². The van der Waals surface area contributed by atoms with Crippen molar-refractivity contribution < 1.29 is 22.6 Å². The van der Waals surface area contributed by atoms with Gasteiger partial charge in [-0.1, -0.05) is 13.3 Å². The molecule has 14 heavy (non-hydrogen) atoms. The van der Waals surface area contributed by atoms with Crippen molar-refractivity contribution in [3.05, 3.63) is 0 Å². The van der Waals surface area contributed by atoms with Crippen LogP contribution in [0.25, 0.3) is 0 Å². The van der Waals surface area contributed by atoms with Crippen molar-refractivity contribution in [1.82, 2.24) is 0 Å². The Balaban J connectivity index is 3.98. The maximum atomic E-state index is 12.3. The highest BCUT2D eigenvalue weighted by Crippen LogP contribution is 2.30. The van der Waals surface area contributed by atoms with Crippen LogP contribution in [0.1, 0.15) is 26.7 Å². The first-order valence-corrected chi connectivity index (χ1v) is 4.62. The third-order valence-electron chi connectivity index (χ3n) is 1.96. The summed E-state index contributed by atoms with van der Waals surface area (Å²) in [6, 6.07) is 0. The Kier molecular flexibility index (Phi) is 6.11. The molecule has 2 unspecified atom stereocenters. The monoisotopic (exact) mass is 214 g/mol. The largest absolute Gasteiger partial charge is 0.394 e. The number of hydrogen-bond donors (Lipinski definition) is 0. The third kappa shape index (κ3) is 5.44.